The Morgan fingerprint density at radius 2 is 2.08 bits per heavy atom. The maximum atomic E-state index is 12.3. The van der Waals surface area contributed by atoms with Gasteiger partial charge in [-0.15, -0.1) is 0 Å². The van der Waals surface area contributed by atoms with Crippen molar-refractivity contribution < 1.29 is 13.2 Å². The van der Waals surface area contributed by atoms with E-state index in [-0.39, 0.29) is 12.7 Å². The van der Waals surface area contributed by atoms with E-state index in [0.29, 0.717) is 0 Å². The van der Waals surface area contributed by atoms with Crippen LogP contribution in [0.3, 0.4) is 0 Å². The zero-order chi connectivity index (χ0) is 9.56. The summed E-state index contributed by atoms with van der Waals surface area (Å²) in [6.45, 7) is 2.00. The van der Waals surface area contributed by atoms with Crippen molar-refractivity contribution in [1.82, 2.24) is 5.32 Å². The SMILES string of the molecule is CC(CF)NC/N=C(/F)C(C)F. The molecule has 0 saturated heterocycles. The molecule has 12 heavy (non-hydrogen) atoms. The Labute approximate surface area is 69.9 Å². The second-order valence-electron chi connectivity index (χ2n) is 2.51. The molecule has 0 aromatic rings. The van der Waals surface area contributed by atoms with Crippen LogP contribution in [-0.4, -0.2) is 31.5 Å². The van der Waals surface area contributed by atoms with Crippen LogP contribution in [0.25, 0.3) is 0 Å². The van der Waals surface area contributed by atoms with Gasteiger partial charge in [0, 0.05) is 6.04 Å². The lowest BCUT2D eigenvalue weighted by molar-refractivity contribution is 0.392. The Morgan fingerprint density at radius 1 is 1.50 bits per heavy atom. The van der Waals surface area contributed by atoms with Crippen LogP contribution in [-0.2, 0) is 0 Å². The molecule has 0 spiro atoms. The first-order chi connectivity index (χ1) is 5.57. The predicted octanol–water partition coefficient (Wildman–Crippen LogP) is 1.62. The van der Waals surface area contributed by atoms with Gasteiger partial charge in [-0.05, 0) is 13.8 Å². The average molecular weight is 182 g/mol. The first-order valence-corrected chi connectivity index (χ1v) is 3.71. The van der Waals surface area contributed by atoms with Crippen LogP contribution in [0, 0.1) is 0 Å². The summed E-state index contributed by atoms with van der Waals surface area (Å²) in [5.74, 6) is -1.06. The molecule has 0 radical (unpaired) electrons. The van der Waals surface area contributed by atoms with Crippen LogP contribution in [0.15, 0.2) is 4.99 Å². The highest BCUT2D eigenvalue weighted by Crippen LogP contribution is 1.94. The molecule has 0 rings (SSSR count). The summed E-state index contributed by atoms with van der Waals surface area (Å²) in [6, 6.07) is -0.378. The van der Waals surface area contributed by atoms with Gasteiger partial charge in [-0.3, -0.25) is 5.32 Å². The highest BCUT2D eigenvalue weighted by molar-refractivity contribution is 5.78. The zero-order valence-corrected chi connectivity index (χ0v) is 7.15. The molecule has 0 amide bonds. The molecule has 0 aliphatic heterocycles. The second kappa shape index (κ2) is 5.99. The van der Waals surface area contributed by atoms with Crippen molar-refractivity contribution in [2.45, 2.75) is 26.1 Å². The Morgan fingerprint density at radius 3 is 2.50 bits per heavy atom. The lowest BCUT2D eigenvalue weighted by atomic mass is 10.4. The van der Waals surface area contributed by atoms with Gasteiger partial charge in [0.15, 0.2) is 6.17 Å². The third kappa shape index (κ3) is 5.12. The summed E-state index contributed by atoms with van der Waals surface area (Å²) in [6.07, 6.45) is -1.69. The summed E-state index contributed by atoms with van der Waals surface area (Å²) in [5.41, 5.74) is 0. The standard InChI is InChI=1S/C7H13F3N2/c1-5(3-8)11-4-12-7(10)6(2)9/h5-6,11H,3-4H2,1-2H3/b12-7+. The van der Waals surface area contributed by atoms with E-state index in [9.17, 15) is 13.2 Å². The van der Waals surface area contributed by atoms with Crippen molar-refractivity contribution in [3.05, 3.63) is 0 Å². The van der Waals surface area contributed by atoms with E-state index >= 15 is 0 Å². The van der Waals surface area contributed by atoms with Gasteiger partial charge in [0.2, 0.25) is 5.97 Å². The Bertz CT molecular complexity index is 148. The van der Waals surface area contributed by atoms with E-state index in [4.69, 9.17) is 0 Å². The predicted molar refractivity (Wildman–Crippen MR) is 42.6 cm³/mol. The van der Waals surface area contributed by atoms with Gasteiger partial charge in [-0.2, -0.15) is 4.39 Å². The molecule has 1 N–H and O–H groups in total. The summed E-state index contributed by atoms with van der Waals surface area (Å²) in [4.78, 5) is 3.21. The van der Waals surface area contributed by atoms with Gasteiger partial charge in [0.25, 0.3) is 0 Å². The maximum Gasteiger partial charge on any atom is 0.220 e. The van der Waals surface area contributed by atoms with Gasteiger partial charge in [0.05, 0.1) is 6.67 Å². The van der Waals surface area contributed by atoms with Crippen molar-refractivity contribution in [3.63, 3.8) is 0 Å². The van der Waals surface area contributed by atoms with E-state index in [1.807, 2.05) is 0 Å². The first kappa shape index (κ1) is 11.4. The first-order valence-electron chi connectivity index (χ1n) is 3.71. The van der Waals surface area contributed by atoms with Crippen molar-refractivity contribution in [2.75, 3.05) is 13.3 Å². The number of hydrogen-bond acceptors (Lipinski definition) is 2. The second-order valence-corrected chi connectivity index (χ2v) is 2.51. The lowest BCUT2D eigenvalue weighted by Gasteiger charge is -2.06. The Balaban J connectivity index is 3.59. The van der Waals surface area contributed by atoms with Crippen LogP contribution in [0.1, 0.15) is 13.8 Å². The van der Waals surface area contributed by atoms with E-state index in [1.165, 1.54) is 0 Å². The van der Waals surface area contributed by atoms with E-state index in [2.05, 4.69) is 10.3 Å². The maximum absolute atomic E-state index is 12.3. The fraction of sp³-hybridized carbons (Fsp3) is 0.857. The molecule has 0 aromatic heterocycles. The molecule has 0 fully saturated rings. The highest BCUT2D eigenvalue weighted by atomic mass is 19.2. The number of halogens is 3. The fourth-order valence-corrected chi connectivity index (χ4v) is 0.457. The molecular weight excluding hydrogens is 169 g/mol. The van der Waals surface area contributed by atoms with Crippen LogP contribution in [0.5, 0.6) is 0 Å². The average Bonchev–Trinajstić information content (AvgIpc) is 2.03. The number of nitrogens with one attached hydrogen (secondary N) is 1. The fourth-order valence-electron chi connectivity index (χ4n) is 0.457. The lowest BCUT2D eigenvalue weighted by Crippen LogP contribution is -2.28. The van der Waals surface area contributed by atoms with Crippen molar-refractivity contribution in [2.24, 2.45) is 4.99 Å². The third-order valence-corrected chi connectivity index (χ3v) is 1.23. The van der Waals surface area contributed by atoms with Crippen molar-refractivity contribution >= 4 is 5.97 Å². The smallest absolute Gasteiger partial charge is 0.220 e. The normalized spacial score (nSPS) is 17.6. The minimum Gasteiger partial charge on any atom is -0.293 e. The molecule has 0 aliphatic carbocycles. The van der Waals surface area contributed by atoms with Crippen LogP contribution in [0.4, 0.5) is 13.2 Å². The van der Waals surface area contributed by atoms with Gasteiger partial charge < -0.3 is 0 Å². The monoisotopic (exact) mass is 182 g/mol. The summed E-state index contributed by atoms with van der Waals surface area (Å²) >= 11 is 0. The van der Waals surface area contributed by atoms with E-state index < -0.39 is 18.8 Å². The number of alkyl halides is 2. The molecule has 0 heterocycles. The largest absolute Gasteiger partial charge is 0.293 e. The van der Waals surface area contributed by atoms with Crippen molar-refractivity contribution in [1.29, 1.82) is 0 Å². The molecule has 0 aliphatic rings. The van der Waals surface area contributed by atoms with Gasteiger partial charge in [0.1, 0.15) is 6.67 Å². The molecule has 0 bridgehead atoms. The topological polar surface area (TPSA) is 24.4 Å². The number of rotatable bonds is 5. The van der Waals surface area contributed by atoms with E-state index in [1.54, 1.807) is 6.92 Å². The molecule has 5 heteroatoms. The van der Waals surface area contributed by atoms with Gasteiger partial charge >= 0.3 is 0 Å². The van der Waals surface area contributed by atoms with Crippen LogP contribution < -0.4 is 5.32 Å². The zero-order valence-electron chi connectivity index (χ0n) is 7.15. The van der Waals surface area contributed by atoms with Gasteiger partial charge in [-0.1, -0.05) is 0 Å². The van der Waals surface area contributed by atoms with E-state index in [0.717, 1.165) is 6.92 Å². The van der Waals surface area contributed by atoms with Crippen LogP contribution >= 0.6 is 0 Å². The summed E-state index contributed by atoms with van der Waals surface area (Å²) in [5, 5.41) is 2.55. The summed E-state index contributed by atoms with van der Waals surface area (Å²) < 4.78 is 36.2. The molecular formula is C7H13F3N2. The number of nitrogens with zero attached hydrogens (tertiary/aromatic N) is 1. The Hall–Kier alpha value is -0.580. The Kier molecular flexibility index (Phi) is 5.70. The minimum absolute atomic E-state index is 0.0921. The quantitative estimate of drug-likeness (QED) is 0.642. The minimum atomic E-state index is -1.69. The molecule has 0 aromatic carbocycles. The van der Waals surface area contributed by atoms with Gasteiger partial charge in [-0.25, -0.2) is 13.8 Å². The molecule has 2 atom stereocenters. The number of aliphatic imine (C=N–C) groups is 1. The molecule has 2 unspecified atom stereocenters. The summed E-state index contributed by atoms with van der Waals surface area (Å²) in [7, 11) is 0. The molecule has 2 nitrogen and oxygen atoms in total. The molecule has 0 saturated carbocycles. The van der Waals surface area contributed by atoms with Crippen molar-refractivity contribution in [3.8, 4) is 0 Å². The third-order valence-electron chi connectivity index (χ3n) is 1.23. The number of hydrogen-bond donors (Lipinski definition) is 1. The van der Waals surface area contributed by atoms with Crippen LogP contribution in [0.2, 0.25) is 0 Å². The highest BCUT2D eigenvalue weighted by Gasteiger charge is 2.06. The molecule has 72 valence electrons.